The average molecular weight is 205 g/mol. The van der Waals surface area contributed by atoms with E-state index < -0.39 is 0 Å². The molecule has 0 unspecified atom stereocenters. The predicted octanol–water partition coefficient (Wildman–Crippen LogP) is 2.78. The van der Waals surface area contributed by atoms with Gasteiger partial charge in [0.1, 0.15) is 0 Å². The van der Waals surface area contributed by atoms with E-state index in [9.17, 15) is 0 Å². The third kappa shape index (κ3) is 1.85. The maximum Gasteiger partial charge on any atom is 0.153 e. The molecule has 0 aliphatic heterocycles. The summed E-state index contributed by atoms with van der Waals surface area (Å²) in [5.74, 6) is 0.717. The smallest absolute Gasteiger partial charge is 0.153 e. The molecule has 3 N–H and O–H groups in total. The van der Waals surface area contributed by atoms with Gasteiger partial charge in [0.05, 0.1) is 11.4 Å². The number of nitrogens with zero attached hydrogens (tertiary/aromatic N) is 1. The maximum absolute atomic E-state index is 5.82. The third-order valence-corrected chi connectivity index (χ3v) is 2.52. The summed E-state index contributed by atoms with van der Waals surface area (Å²) in [7, 11) is 0. The molecule has 0 aliphatic carbocycles. The van der Waals surface area contributed by atoms with Crippen molar-refractivity contribution in [1.82, 2.24) is 4.98 Å². The largest absolute Gasteiger partial charge is 0.396 e. The molecular formula is C10H11N3S. The zero-order valence-electron chi connectivity index (χ0n) is 7.82. The van der Waals surface area contributed by atoms with E-state index in [0.29, 0.717) is 11.5 Å². The van der Waals surface area contributed by atoms with E-state index in [0.717, 1.165) is 11.3 Å². The van der Waals surface area contributed by atoms with Crippen molar-refractivity contribution in [1.29, 1.82) is 0 Å². The molecule has 0 atom stereocenters. The van der Waals surface area contributed by atoms with Crippen LogP contribution in [0, 0.1) is 6.92 Å². The topological polar surface area (TPSA) is 50.9 Å². The molecule has 2 rings (SSSR count). The van der Waals surface area contributed by atoms with Gasteiger partial charge in [0.2, 0.25) is 0 Å². The van der Waals surface area contributed by atoms with Crippen molar-refractivity contribution in [3.8, 4) is 0 Å². The molecule has 0 aromatic carbocycles. The first-order chi connectivity index (χ1) is 6.75. The van der Waals surface area contributed by atoms with Crippen LogP contribution >= 0.6 is 11.3 Å². The molecule has 0 saturated heterocycles. The van der Waals surface area contributed by atoms with Gasteiger partial charge < -0.3 is 11.1 Å². The van der Waals surface area contributed by atoms with Gasteiger partial charge in [-0.25, -0.2) is 4.98 Å². The normalized spacial score (nSPS) is 10.1. The van der Waals surface area contributed by atoms with Crippen molar-refractivity contribution in [2.75, 3.05) is 11.1 Å². The highest BCUT2D eigenvalue weighted by Crippen LogP contribution is 2.22. The number of nitrogens with one attached hydrogen (secondary N) is 1. The van der Waals surface area contributed by atoms with E-state index in [-0.39, 0.29) is 0 Å². The monoisotopic (exact) mass is 205 g/mol. The quantitative estimate of drug-likeness (QED) is 0.792. The molecule has 4 heteroatoms. The first-order valence-electron chi connectivity index (χ1n) is 4.27. The number of hydrogen-bond donors (Lipinski definition) is 2. The van der Waals surface area contributed by atoms with Crippen LogP contribution in [0.15, 0.2) is 29.1 Å². The number of nitrogen functional groups attached to an aromatic ring is 1. The molecule has 14 heavy (non-hydrogen) atoms. The second-order valence-electron chi connectivity index (χ2n) is 3.09. The first-order valence-corrected chi connectivity index (χ1v) is 5.21. The minimum atomic E-state index is 0.677. The van der Waals surface area contributed by atoms with Crippen LogP contribution in [-0.4, -0.2) is 4.98 Å². The molecule has 72 valence electrons. The number of anilines is 3. The number of thiophene rings is 1. The van der Waals surface area contributed by atoms with Crippen LogP contribution in [0.3, 0.4) is 0 Å². The molecule has 2 heterocycles. The summed E-state index contributed by atoms with van der Waals surface area (Å²) in [6, 6.07) is 3.90. The van der Waals surface area contributed by atoms with Gasteiger partial charge in [0, 0.05) is 11.6 Å². The number of aryl methyl sites for hydroxylation is 1. The number of nitrogens with two attached hydrogens (primary N) is 1. The van der Waals surface area contributed by atoms with Crippen molar-refractivity contribution < 1.29 is 0 Å². The summed E-state index contributed by atoms with van der Waals surface area (Å²) in [4.78, 5) is 4.22. The lowest BCUT2D eigenvalue weighted by Crippen LogP contribution is -1.98. The Hall–Kier alpha value is -1.55. The number of pyridine rings is 1. The molecule has 0 radical (unpaired) electrons. The Morgan fingerprint density at radius 1 is 1.50 bits per heavy atom. The minimum Gasteiger partial charge on any atom is -0.396 e. The lowest BCUT2D eigenvalue weighted by atomic mass is 10.3. The van der Waals surface area contributed by atoms with Gasteiger partial charge in [0.25, 0.3) is 0 Å². The van der Waals surface area contributed by atoms with Crippen LogP contribution in [0.25, 0.3) is 0 Å². The summed E-state index contributed by atoms with van der Waals surface area (Å²) in [6.45, 7) is 1.97. The molecule has 0 bridgehead atoms. The second kappa shape index (κ2) is 3.67. The highest BCUT2D eigenvalue weighted by molar-refractivity contribution is 7.08. The molecule has 0 saturated carbocycles. The van der Waals surface area contributed by atoms with Crippen molar-refractivity contribution in [3.05, 3.63) is 34.7 Å². The number of hydrogen-bond acceptors (Lipinski definition) is 4. The van der Waals surface area contributed by atoms with Crippen molar-refractivity contribution in [2.24, 2.45) is 0 Å². The van der Waals surface area contributed by atoms with Gasteiger partial charge in [-0.1, -0.05) is 0 Å². The summed E-state index contributed by atoms with van der Waals surface area (Å²) < 4.78 is 0. The Morgan fingerprint density at radius 2 is 2.36 bits per heavy atom. The lowest BCUT2D eigenvalue weighted by molar-refractivity contribution is 1.26. The van der Waals surface area contributed by atoms with Crippen molar-refractivity contribution in [2.45, 2.75) is 6.92 Å². The van der Waals surface area contributed by atoms with E-state index >= 15 is 0 Å². The number of aromatic nitrogens is 1. The van der Waals surface area contributed by atoms with Gasteiger partial charge in [-0.15, -0.1) is 0 Å². The van der Waals surface area contributed by atoms with Crippen LogP contribution < -0.4 is 11.1 Å². The molecule has 0 fully saturated rings. The van der Waals surface area contributed by atoms with Gasteiger partial charge in [-0.3, -0.25) is 0 Å². The number of rotatable bonds is 2. The van der Waals surface area contributed by atoms with Crippen molar-refractivity contribution in [3.63, 3.8) is 0 Å². The molecule has 2 aromatic heterocycles. The zero-order valence-corrected chi connectivity index (χ0v) is 8.64. The Bertz CT molecular complexity index is 423. The van der Waals surface area contributed by atoms with Crippen molar-refractivity contribution >= 4 is 28.5 Å². The Morgan fingerprint density at radius 3 is 3.00 bits per heavy atom. The third-order valence-electron chi connectivity index (χ3n) is 1.84. The predicted molar refractivity (Wildman–Crippen MR) is 61.0 cm³/mol. The fourth-order valence-electron chi connectivity index (χ4n) is 1.17. The van der Waals surface area contributed by atoms with Crippen LogP contribution in [0.2, 0.25) is 0 Å². The Balaban J connectivity index is 2.25. The van der Waals surface area contributed by atoms with E-state index in [4.69, 9.17) is 5.73 Å². The fraction of sp³-hybridized carbons (Fsp3) is 0.100. The van der Waals surface area contributed by atoms with Crippen LogP contribution in [0.4, 0.5) is 17.2 Å². The maximum atomic E-state index is 5.82. The molecule has 0 amide bonds. The summed E-state index contributed by atoms with van der Waals surface area (Å²) >= 11 is 1.64. The minimum absolute atomic E-state index is 0.677. The van der Waals surface area contributed by atoms with Crippen LogP contribution in [-0.2, 0) is 0 Å². The summed E-state index contributed by atoms with van der Waals surface area (Å²) in [5.41, 5.74) is 8.59. The van der Waals surface area contributed by atoms with Gasteiger partial charge in [-0.2, -0.15) is 11.3 Å². The zero-order chi connectivity index (χ0) is 9.97. The van der Waals surface area contributed by atoms with Gasteiger partial charge >= 0.3 is 0 Å². The highest BCUT2D eigenvalue weighted by atomic mass is 32.1. The standard InChI is InChI=1S/C10H11N3S/c1-7-4-9(11)10(12-5-7)13-8-2-3-14-6-8/h2-6H,11H2,1H3,(H,12,13). The van der Waals surface area contributed by atoms with Crippen LogP contribution in [0.1, 0.15) is 5.56 Å². The van der Waals surface area contributed by atoms with Gasteiger partial charge in [0.15, 0.2) is 5.82 Å². The van der Waals surface area contributed by atoms with E-state index in [1.165, 1.54) is 0 Å². The first kappa shape index (κ1) is 9.02. The summed E-state index contributed by atoms with van der Waals surface area (Å²) in [5, 5.41) is 7.18. The molecule has 0 aliphatic rings. The van der Waals surface area contributed by atoms with E-state index in [2.05, 4.69) is 10.3 Å². The SMILES string of the molecule is Cc1cnc(Nc2ccsc2)c(N)c1. The second-order valence-corrected chi connectivity index (χ2v) is 3.87. The molecule has 2 aromatic rings. The van der Waals surface area contributed by atoms with Gasteiger partial charge in [-0.05, 0) is 30.0 Å². The molecule has 3 nitrogen and oxygen atoms in total. The fourth-order valence-corrected chi connectivity index (χ4v) is 1.76. The molecular weight excluding hydrogens is 194 g/mol. The summed E-state index contributed by atoms with van der Waals surface area (Å²) in [6.07, 6.45) is 1.80. The molecule has 0 spiro atoms. The Kier molecular flexibility index (Phi) is 2.37. The Labute approximate surface area is 86.6 Å². The van der Waals surface area contributed by atoms with E-state index in [1.807, 2.05) is 29.8 Å². The average Bonchev–Trinajstić information content (AvgIpc) is 2.62. The highest BCUT2D eigenvalue weighted by Gasteiger charge is 2.01. The lowest BCUT2D eigenvalue weighted by Gasteiger charge is -2.06. The van der Waals surface area contributed by atoms with Crippen LogP contribution in [0.5, 0.6) is 0 Å². The van der Waals surface area contributed by atoms with E-state index in [1.54, 1.807) is 17.5 Å².